The Balaban J connectivity index is -0.000000307. The van der Waals surface area contributed by atoms with E-state index in [9.17, 15) is 9.59 Å². The number of carbonyl (C=O) groups is 2. The van der Waals surface area contributed by atoms with Gasteiger partial charge in [0.25, 0.3) is 0 Å². The number of ketones is 1. The lowest BCUT2D eigenvalue weighted by atomic mass is 10.1. The maximum Gasteiger partial charge on any atom is 0.220 e. The van der Waals surface area contributed by atoms with Crippen molar-refractivity contribution in [3.63, 3.8) is 0 Å². The molecule has 1 rings (SSSR count). The SMILES string of the molecule is CC.CC.CC.CC.CCC.CCCCC/C=C\C=C\C(=O)CCCCCCCC(=O)NCC1=CCCC=C1. The number of amides is 1. The van der Waals surface area contributed by atoms with Gasteiger partial charge in [0.15, 0.2) is 5.78 Å². The first-order valence-corrected chi connectivity index (χ1v) is 16.6. The molecule has 0 unspecified atom stereocenters. The summed E-state index contributed by atoms with van der Waals surface area (Å²) in [7, 11) is 0. The van der Waals surface area contributed by atoms with Crippen molar-refractivity contribution in [2.45, 2.75) is 166 Å². The highest BCUT2D eigenvalue weighted by atomic mass is 16.1. The van der Waals surface area contributed by atoms with Gasteiger partial charge in [-0.25, -0.2) is 0 Å². The molecule has 0 aromatic rings. The van der Waals surface area contributed by atoms with Crippen molar-refractivity contribution >= 4 is 11.7 Å². The molecule has 3 heteroatoms. The smallest absolute Gasteiger partial charge is 0.220 e. The first-order valence-electron chi connectivity index (χ1n) is 16.6. The lowest BCUT2D eigenvalue weighted by molar-refractivity contribution is -0.121. The number of allylic oxidation sites excluding steroid dienone is 6. The third-order valence-corrected chi connectivity index (χ3v) is 4.89. The van der Waals surface area contributed by atoms with Crippen molar-refractivity contribution in [2.75, 3.05) is 6.54 Å². The Morgan fingerprint density at radius 3 is 1.85 bits per heavy atom. The van der Waals surface area contributed by atoms with Crippen LogP contribution in [0.15, 0.2) is 48.1 Å². The molecule has 1 aliphatic carbocycles. The number of hydrogen-bond donors (Lipinski definition) is 1. The van der Waals surface area contributed by atoms with Gasteiger partial charge in [-0.1, -0.05) is 151 Å². The fraction of sp³-hybridized carbons (Fsp3) is 0.722. The summed E-state index contributed by atoms with van der Waals surface area (Å²) in [5, 5.41) is 2.99. The van der Waals surface area contributed by atoms with Crippen molar-refractivity contribution in [1.29, 1.82) is 0 Å². The molecule has 0 saturated carbocycles. The summed E-state index contributed by atoms with van der Waals surface area (Å²) in [6.07, 6.45) is 28.7. The van der Waals surface area contributed by atoms with E-state index in [1.54, 1.807) is 6.08 Å². The van der Waals surface area contributed by atoms with Crippen molar-refractivity contribution in [3.8, 4) is 0 Å². The third kappa shape index (κ3) is 46.3. The van der Waals surface area contributed by atoms with Crippen LogP contribution in [0.1, 0.15) is 166 Å². The van der Waals surface area contributed by atoms with Crippen LogP contribution < -0.4 is 5.32 Å². The predicted octanol–water partition coefficient (Wildman–Crippen LogP) is 11.9. The van der Waals surface area contributed by atoms with Gasteiger partial charge in [-0.3, -0.25) is 9.59 Å². The molecule has 1 amide bonds. The molecule has 39 heavy (non-hydrogen) atoms. The quantitative estimate of drug-likeness (QED) is 0.118. The van der Waals surface area contributed by atoms with Crippen LogP contribution in [-0.2, 0) is 9.59 Å². The zero-order valence-corrected chi connectivity index (χ0v) is 28.5. The molecule has 0 bridgehead atoms. The molecule has 1 aliphatic rings. The van der Waals surface area contributed by atoms with Crippen LogP contribution in [0.5, 0.6) is 0 Å². The third-order valence-electron chi connectivity index (χ3n) is 4.89. The number of unbranched alkanes of at least 4 members (excludes halogenated alkanes) is 7. The number of carbonyl (C=O) groups excluding carboxylic acids is 2. The van der Waals surface area contributed by atoms with Crippen molar-refractivity contribution in [1.82, 2.24) is 5.32 Å². The highest BCUT2D eigenvalue weighted by molar-refractivity contribution is 5.89. The van der Waals surface area contributed by atoms with E-state index in [1.165, 1.54) is 31.3 Å². The molecular formula is C36H71NO2. The van der Waals surface area contributed by atoms with Crippen LogP contribution >= 0.6 is 0 Å². The van der Waals surface area contributed by atoms with Crippen LogP contribution in [0.3, 0.4) is 0 Å². The predicted molar refractivity (Wildman–Crippen MR) is 181 cm³/mol. The van der Waals surface area contributed by atoms with Gasteiger partial charge < -0.3 is 5.32 Å². The van der Waals surface area contributed by atoms with Gasteiger partial charge in [0.1, 0.15) is 0 Å². The van der Waals surface area contributed by atoms with Gasteiger partial charge in [0.05, 0.1) is 0 Å². The van der Waals surface area contributed by atoms with Gasteiger partial charge in [-0.2, -0.15) is 0 Å². The number of rotatable bonds is 16. The van der Waals surface area contributed by atoms with E-state index in [-0.39, 0.29) is 11.7 Å². The second-order valence-corrected chi connectivity index (χ2v) is 8.26. The number of nitrogens with one attached hydrogen (secondary N) is 1. The molecule has 0 aromatic carbocycles. The summed E-state index contributed by atoms with van der Waals surface area (Å²) in [6, 6.07) is 0. The highest BCUT2D eigenvalue weighted by Crippen LogP contribution is 2.10. The Hall–Kier alpha value is -1.90. The summed E-state index contributed by atoms with van der Waals surface area (Å²) >= 11 is 0. The lowest BCUT2D eigenvalue weighted by Crippen LogP contribution is -2.25. The topological polar surface area (TPSA) is 46.2 Å². The Bertz CT molecular complexity index is 571. The zero-order chi connectivity index (χ0) is 31.0. The van der Waals surface area contributed by atoms with Crippen LogP contribution in [0.4, 0.5) is 0 Å². The molecule has 0 saturated heterocycles. The van der Waals surface area contributed by atoms with E-state index in [0.29, 0.717) is 19.4 Å². The molecule has 3 nitrogen and oxygen atoms in total. The molecular weight excluding hydrogens is 478 g/mol. The minimum atomic E-state index is 0.142. The molecule has 1 N–H and O–H groups in total. The summed E-state index contributed by atoms with van der Waals surface area (Å²) < 4.78 is 0. The van der Waals surface area contributed by atoms with Gasteiger partial charge >= 0.3 is 0 Å². The van der Waals surface area contributed by atoms with E-state index in [4.69, 9.17) is 0 Å². The molecule has 0 radical (unpaired) electrons. The van der Waals surface area contributed by atoms with Crippen molar-refractivity contribution < 1.29 is 9.59 Å². The molecule has 0 fully saturated rings. The standard InChI is InChI=1S/C25H39NO2.C3H8.4C2H6/c1-2-3-4-5-6-8-14-19-24(27)20-15-9-7-10-16-21-25(28)26-22-23-17-12-11-13-18-23;1-3-2;4*1-2/h6,8,12,14,17-19H,2-5,7,9-11,13,15-16,20-22H2,1H3,(H,26,28);3H2,1-2H3;4*1-2H3/b8-6-,19-14+;;;;;. The highest BCUT2D eigenvalue weighted by Gasteiger charge is 2.03. The fourth-order valence-electron chi connectivity index (χ4n) is 3.14. The first kappa shape index (κ1) is 46.9. The normalized spacial score (nSPS) is 11.1. The average Bonchev–Trinajstić information content (AvgIpc) is 3.00. The molecule has 0 aromatic heterocycles. The van der Waals surface area contributed by atoms with E-state index in [1.807, 2.05) is 67.5 Å². The van der Waals surface area contributed by atoms with Crippen molar-refractivity contribution in [3.05, 3.63) is 48.1 Å². The van der Waals surface area contributed by atoms with Crippen molar-refractivity contribution in [2.24, 2.45) is 0 Å². The summed E-state index contributed by atoms with van der Waals surface area (Å²) in [4.78, 5) is 23.6. The first-order chi connectivity index (χ1) is 19.1. The molecule has 232 valence electrons. The van der Waals surface area contributed by atoms with Crippen LogP contribution in [0, 0.1) is 0 Å². The monoisotopic (exact) mass is 550 g/mol. The Morgan fingerprint density at radius 2 is 1.31 bits per heavy atom. The second kappa shape index (κ2) is 49.1. The lowest BCUT2D eigenvalue weighted by Gasteiger charge is -2.08. The molecule has 0 spiro atoms. The van der Waals surface area contributed by atoms with Gasteiger partial charge in [-0.15, -0.1) is 0 Å². The molecule has 0 heterocycles. The van der Waals surface area contributed by atoms with Crippen LogP contribution in [0.25, 0.3) is 0 Å². The van der Waals surface area contributed by atoms with Gasteiger partial charge in [0, 0.05) is 19.4 Å². The molecule has 0 atom stereocenters. The van der Waals surface area contributed by atoms with Gasteiger partial charge in [0.2, 0.25) is 5.91 Å². The Morgan fingerprint density at radius 1 is 0.744 bits per heavy atom. The maximum atomic E-state index is 11.8. The Kier molecular flexibility index (Phi) is 59.1. The van der Waals surface area contributed by atoms with E-state index in [2.05, 4.69) is 50.4 Å². The number of hydrogen-bond acceptors (Lipinski definition) is 2. The average molecular weight is 550 g/mol. The van der Waals surface area contributed by atoms with Crippen LogP contribution in [-0.4, -0.2) is 18.2 Å². The van der Waals surface area contributed by atoms with E-state index in [0.717, 1.165) is 51.4 Å². The van der Waals surface area contributed by atoms with Crippen LogP contribution in [0.2, 0.25) is 0 Å². The Labute approximate surface area is 247 Å². The molecule has 0 aliphatic heterocycles. The minimum absolute atomic E-state index is 0.142. The minimum Gasteiger partial charge on any atom is -0.352 e. The van der Waals surface area contributed by atoms with E-state index < -0.39 is 0 Å². The summed E-state index contributed by atoms with van der Waals surface area (Å²) in [5.41, 5.74) is 1.21. The van der Waals surface area contributed by atoms with E-state index >= 15 is 0 Å². The van der Waals surface area contributed by atoms with Gasteiger partial charge in [-0.05, 0) is 50.2 Å². The second-order valence-electron chi connectivity index (χ2n) is 8.26. The summed E-state index contributed by atoms with van der Waals surface area (Å²) in [6.45, 7) is 23.1. The largest absolute Gasteiger partial charge is 0.352 e. The summed E-state index contributed by atoms with van der Waals surface area (Å²) in [5.74, 6) is 0.353. The maximum absolute atomic E-state index is 11.8. The zero-order valence-electron chi connectivity index (χ0n) is 28.5. The fourth-order valence-corrected chi connectivity index (χ4v) is 3.14.